The largest absolute Gasteiger partial charge is 0.387 e. The highest BCUT2D eigenvalue weighted by atomic mass is 32.1. The van der Waals surface area contributed by atoms with E-state index < -0.39 is 6.10 Å². The van der Waals surface area contributed by atoms with Crippen LogP contribution in [-0.2, 0) is 6.54 Å². The number of hydrogen-bond acceptors (Lipinski definition) is 4. The van der Waals surface area contributed by atoms with Crippen molar-refractivity contribution in [2.45, 2.75) is 12.6 Å². The summed E-state index contributed by atoms with van der Waals surface area (Å²) >= 11 is 1.51. The van der Waals surface area contributed by atoms with E-state index in [0.717, 1.165) is 11.1 Å². The number of thiophene rings is 1. The molecule has 1 aromatic carbocycles. The fourth-order valence-corrected chi connectivity index (χ4v) is 2.93. The summed E-state index contributed by atoms with van der Waals surface area (Å²) in [6, 6.07) is 10.9. The van der Waals surface area contributed by atoms with Gasteiger partial charge >= 0.3 is 6.03 Å². The van der Waals surface area contributed by atoms with E-state index in [1.165, 1.54) is 11.3 Å². The Balaban J connectivity index is 1.47. The minimum Gasteiger partial charge on any atom is -0.387 e. The van der Waals surface area contributed by atoms with Crippen LogP contribution < -0.4 is 10.6 Å². The van der Waals surface area contributed by atoms with E-state index in [-0.39, 0.29) is 12.6 Å². The quantitative estimate of drug-likeness (QED) is 0.644. The van der Waals surface area contributed by atoms with E-state index in [4.69, 9.17) is 0 Å². The third kappa shape index (κ3) is 4.43. The van der Waals surface area contributed by atoms with Gasteiger partial charge in [-0.3, -0.25) is 4.68 Å². The number of carbonyl (C=O) groups excluding carboxylic acids is 1. The van der Waals surface area contributed by atoms with Gasteiger partial charge in [-0.1, -0.05) is 12.1 Å². The predicted octanol–water partition coefficient (Wildman–Crippen LogP) is 2.85. The molecule has 3 aromatic rings. The zero-order valence-corrected chi connectivity index (χ0v) is 13.7. The molecule has 3 rings (SSSR count). The van der Waals surface area contributed by atoms with Gasteiger partial charge in [0.2, 0.25) is 0 Å². The molecule has 2 heterocycles. The first-order valence-corrected chi connectivity index (χ1v) is 8.46. The van der Waals surface area contributed by atoms with Crippen molar-refractivity contribution >= 4 is 23.1 Å². The number of aliphatic hydroxyl groups excluding tert-OH is 1. The van der Waals surface area contributed by atoms with Crippen molar-refractivity contribution in [1.29, 1.82) is 0 Å². The van der Waals surface area contributed by atoms with E-state index in [0.29, 0.717) is 12.2 Å². The predicted molar refractivity (Wildman–Crippen MR) is 94.1 cm³/mol. The molecular formula is C17H18N4O2S. The highest BCUT2D eigenvalue weighted by molar-refractivity contribution is 7.07. The Morgan fingerprint density at radius 1 is 1.29 bits per heavy atom. The lowest BCUT2D eigenvalue weighted by atomic mass is 10.2. The number of carbonyl (C=O) groups is 1. The van der Waals surface area contributed by atoms with E-state index in [2.05, 4.69) is 15.7 Å². The van der Waals surface area contributed by atoms with Gasteiger partial charge < -0.3 is 15.7 Å². The molecule has 0 fully saturated rings. The van der Waals surface area contributed by atoms with Crippen LogP contribution in [0.5, 0.6) is 0 Å². The van der Waals surface area contributed by atoms with Crippen molar-refractivity contribution in [1.82, 2.24) is 15.1 Å². The number of aliphatic hydroxyl groups is 1. The van der Waals surface area contributed by atoms with Crippen molar-refractivity contribution in [3.63, 3.8) is 0 Å². The number of nitrogens with one attached hydrogen (secondary N) is 2. The molecule has 1 atom stereocenters. The molecule has 0 aliphatic carbocycles. The third-order valence-corrected chi connectivity index (χ3v) is 4.20. The number of urea groups is 1. The van der Waals surface area contributed by atoms with Gasteiger partial charge in [-0.25, -0.2) is 4.79 Å². The van der Waals surface area contributed by atoms with Gasteiger partial charge in [0.25, 0.3) is 0 Å². The zero-order valence-electron chi connectivity index (χ0n) is 12.9. The van der Waals surface area contributed by atoms with Crippen LogP contribution in [0, 0.1) is 0 Å². The molecule has 1 unspecified atom stereocenters. The fraction of sp³-hybridized carbons (Fsp3) is 0.176. The van der Waals surface area contributed by atoms with Crippen molar-refractivity contribution < 1.29 is 9.90 Å². The van der Waals surface area contributed by atoms with Crippen molar-refractivity contribution in [2.75, 3.05) is 11.9 Å². The van der Waals surface area contributed by atoms with Gasteiger partial charge in [-0.15, -0.1) is 0 Å². The summed E-state index contributed by atoms with van der Waals surface area (Å²) in [7, 11) is 0. The van der Waals surface area contributed by atoms with Crippen LogP contribution in [0.2, 0.25) is 0 Å². The molecular weight excluding hydrogens is 324 g/mol. The lowest BCUT2D eigenvalue weighted by molar-refractivity contribution is 0.175. The number of amides is 2. The minimum absolute atomic E-state index is 0.167. The highest BCUT2D eigenvalue weighted by Gasteiger charge is 2.09. The summed E-state index contributed by atoms with van der Waals surface area (Å²) in [6.07, 6.45) is 2.95. The standard InChI is InChI=1S/C17H18N4O2S/c22-16(14-6-9-24-12-14)10-18-17(23)20-15-4-2-13(3-5-15)11-21-8-1-7-19-21/h1-9,12,16,22H,10-11H2,(H2,18,20,23). The van der Waals surface area contributed by atoms with Crippen molar-refractivity contribution in [3.8, 4) is 0 Å². The van der Waals surface area contributed by atoms with Gasteiger partial charge in [-0.2, -0.15) is 16.4 Å². The van der Waals surface area contributed by atoms with Crippen LogP contribution in [-0.4, -0.2) is 27.5 Å². The second-order valence-corrected chi connectivity index (χ2v) is 6.09. The number of nitrogens with zero attached hydrogens (tertiary/aromatic N) is 2. The smallest absolute Gasteiger partial charge is 0.319 e. The zero-order chi connectivity index (χ0) is 16.8. The molecule has 0 spiro atoms. The van der Waals surface area contributed by atoms with Crippen molar-refractivity contribution in [3.05, 3.63) is 70.7 Å². The molecule has 0 aliphatic rings. The Morgan fingerprint density at radius 2 is 2.12 bits per heavy atom. The Morgan fingerprint density at radius 3 is 2.79 bits per heavy atom. The summed E-state index contributed by atoms with van der Waals surface area (Å²) in [5.41, 5.74) is 2.60. The number of anilines is 1. The van der Waals surface area contributed by atoms with Crippen molar-refractivity contribution in [2.24, 2.45) is 0 Å². The SMILES string of the molecule is O=C(NCC(O)c1ccsc1)Nc1ccc(Cn2cccn2)cc1. The van der Waals surface area contributed by atoms with Crippen LogP contribution in [0.1, 0.15) is 17.2 Å². The van der Waals surface area contributed by atoms with Gasteiger partial charge in [0.05, 0.1) is 12.6 Å². The van der Waals surface area contributed by atoms with Gasteiger partial charge in [0.15, 0.2) is 0 Å². The minimum atomic E-state index is -0.696. The maximum atomic E-state index is 11.9. The summed E-state index contributed by atoms with van der Waals surface area (Å²) in [5, 5.41) is 23.3. The molecule has 0 saturated carbocycles. The molecule has 24 heavy (non-hydrogen) atoms. The lowest BCUT2D eigenvalue weighted by Gasteiger charge is -2.12. The highest BCUT2D eigenvalue weighted by Crippen LogP contribution is 2.15. The first-order valence-electron chi connectivity index (χ1n) is 7.52. The summed E-state index contributed by atoms with van der Waals surface area (Å²) < 4.78 is 1.83. The second-order valence-electron chi connectivity index (χ2n) is 5.31. The summed E-state index contributed by atoms with van der Waals surface area (Å²) in [4.78, 5) is 11.9. The van der Waals surface area contributed by atoms with Crippen LogP contribution in [0.15, 0.2) is 59.6 Å². The number of benzene rings is 1. The van der Waals surface area contributed by atoms with Crippen LogP contribution in [0.3, 0.4) is 0 Å². The molecule has 0 radical (unpaired) electrons. The monoisotopic (exact) mass is 342 g/mol. The topological polar surface area (TPSA) is 79.2 Å². The molecule has 0 aliphatic heterocycles. The average Bonchev–Trinajstić information content (AvgIpc) is 3.28. The third-order valence-electron chi connectivity index (χ3n) is 3.50. The first kappa shape index (κ1) is 16.2. The van der Waals surface area contributed by atoms with Crippen LogP contribution in [0.25, 0.3) is 0 Å². The van der Waals surface area contributed by atoms with E-state index in [9.17, 15) is 9.90 Å². The first-order chi connectivity index (χ1) is 11.7. The molecule has 0 saturated heterocycles. The Hall–Kier alpha value is -2.64. The number of hydrogen-bond donors (Lipinski definition) is 3. The Kier molecular flexibility index (Phi) is 5.25. The second kappa shape index (κ2) is 7.76. The molecule has 124 valence electrons. The maximum absolute atomic E-state index is 11.9. The van der Waals surface area contributed by atoms with Gasteiger partial charge in [0.1, 0.15) is 0 Å². The molecule has 6 nitrogen and oxygen atoms in total. The molecule has 7 heteroatoms. The van der Waals surface area contributed by atoms with E-state index >= 15 is 0 Å². The average molecular weight is 342 g/mol. The maximum Gasteiger partial charge on any atom is 0.319 e. The molecule has 3 N–H and O–H groups in total. The number of rotatable bonds is 6. The van der Waals surface area contributed by atoms with E-state index in [1.807, 2.05) is 58.0 Å². The number of aromatic nitrogens is 2. The fourth-order valence-electron chi connectivity index (χ4n) is 2.22. The Labute approximate surface area is 143 Å². The van der Waals surface area contributed by atoms with Crippen LogP contribution >= 0.6 is 11.3 Å². The van der Waals surface area contributed by atoms with E-state index in [1.54, 1.807) is 6.20 Å². The molecule has 2 amide bonds. The van der Waals surface area contributed by atoms with Crippen LogP contribution in [0.4, 0.5) is 10.5 Å². The molecule has 2 aromatic heterocycles. The summed E-state index contributed by atoms with van der Waals surface area (Å²) in [5.74, 6) is 0. The normalized spacial score (nSPS) is 11.9. The van der Waals surface area contributed by atoms with Gasteiger partial charge in [-0.05, 0) is 46.2 Å². The molecule has 0 bridgehead atoms. The lowest BCUT2D eigenvalue weighted by Crippen LogP contribution is -2.32. The summed E-state index contributed by atoms with van der Waals surface area (Å²) in [6.45, 7) is 0.853. The van der Waals surface area contributed by atoms with Gasteiger partial charge in [0, 0.05) is 24.6 Å². The Bertz CT molecular complexity index is 755.